The van der Waals surface area contributed by atoms with Crippen LogP contribution in [0.3, 0.4) is 0 Å². The van der Waals surface area contributed by atoms with E-state index >= 15 is 0 Å². The Morgan fingerprint density at radius 3 is 2.50 bits per heavy atom. The predicted octanol–water partition coefficient (Wildman–Crippen LogP) is 2.56. The number of aliphatic hydroxyl groups excluding tert-OH is 1. The molecule has 0 aliphatic heterocycles. The molecule has 0 fully saturated rings. The third-order valence-corrected chi connectivity index (χ3v) is 2.41. The summed E-state index contributed by atoms with van der Waals surface area (Å²) in [5, 5.41) is 13.1. The molecule has 0 aliphatic rings. The Hall–Kier alpha value is -0.930. The van der Waals surface area contributed by atoms with Crippen molar-refractivity contribution in [3.63, 3.8) is 0 Å². The number of aryl methyl sites for hydroxylation is 1. The number of nitrogens with one attached hydrogen (secondary N) is 1. The molecule has 3 heteroatoms. The van der Waals surface area contributed by atoms with Gasteiger partial charge in [0.2, 0.25) is 0 Å². The molecule has 1 aromatic carbocycles. The van der Waals surface area contributed by atoms with E-state index in [2.05, 4.69) is 5.32 Å². The van der Waals surface area contributed by atoms with Gasteiger partial charge in [0.25, 0.3) is 0 Å². The van der Waals surface area contributed by atoms with Gasteiger partial charge < -0.3 is 10.4 Å². The Labute approximate surface area is 96.5 Å². The number of benzene rings is 1. The molecule has 0 saturated heterocycles. The molecule has 1 unspecified atom stereocenters. The summed E-state index contributed by atoms with van der Waals surface area (Å²) in [6, 6.07) is 4.84. The van der Waals surface area contributed by atoms with Gasteiger partial charge in [-0.3, -0.25) is 0 Å². The Balaban J connectivity index is 2.66. The molecule has 0 radical (unpaired) electrons. The molecule has 0 aliphatic carbocycles. The molecule has 0 spiro atoms. The summed E-state index contributed by atoms with van der Waals surface area (Å²) < 4.78 is 13.3. The van der Waals surface area contributed by atoms with Gasteiger partial charge in [-0.2, -0.15) is 0 Å². The maximum absolute atomic E-state index is 13.3. The largest absolute Gasteiger partial charge is 0.387 e. The first-order chi connectivity index (χ1) is 7.29. The van der Waals surface area contributed by atoms with Crippen LogP contribution in [0.2, 0.25) is 0 Å². The molecule has 90 valence electrons. The molecule has 16 heavy (non-hydrogen) atoms. The van der Waals surface area contributed by atoms with E-state index in [-0.39, 0.29) is 11.4 Å². The van der Waals surface area contributed by atoms with Crippen molar-refractivity contribution >= 4 is 0 Å². The second-order valence-electron chi connectivity index (χ2n) is 5.16. The van der Waals surface area contributed by atoms with Crippen LogP contribution in [0.4, 0.5) is 4.39 Å². The molecule has 0 saturated carbocycles. The van der Waals surface area contributed by atoms with Crippen LogP contribution in [0, 0.1) is 12.7 Å². The lowest BCUT2D eigenvalue weighted by atomic mass is 10.0. The third kappa shape index (κ3) is 3.91. The van der Waals surface area contributed by atoms with E-state index in [0.29, 0.717) is 17.7 Å². The van der Waals surface area contributed by atoms with E-state index in [1.807, 2.05) is 20.8 Å². The molecule has 0 aromatic heterocycles. The van der Waals surface area contributed by atoms with Crippen LogP contribution in [0.15, 0.2) is 18.2 Å². The summed E-state index contributed by atoms with van der Waals surface area (Å²) in [4.78, 5) is 0. The highest BCUT2D eigenvalue weighted by atomic mass is 19.1. The van der Waals surface area contributed by atoms with Crippen molar-refractivity contribution in [3.05, 3.63) is 35.1 Å². The molecule has 2 nitrogen and oxygen atoms in total. The standard InChI is InChI=1S/C13H20FNO/c1-9-5-6-10(7-11(9)14)12(16)8-15-13(2,3)4/h5-7,12,15-16H,8H2,1-4H3. The highest BCUT2D eigenvalue weighted by Crippen LogP contribution is 2.16. The highest BCUT2D eigenvalue weighted by Gasteiger charge is 2.14. The van der Waals surface area contributed by atoms with Gasteiger partial charge >= 0.3 is 0 Å². The fraction of sp³-hybridized carbons (Fsp3) is 0.538. The molecule has 0 heterocycles. The molecule has 1 aromatic rings. The minimum Gasteiger partial charge on any atom is -0.387 e. The number of rotatable bonds is 3. The zero-order valence-corrected chi connectivity index (χ0v) is 10.3. The highest BCUT2D eigenvalue weighted by molar-refractivity contribution is 5.25. The van der Waals surface area contributed by atoms with Crippen LogP contribution in [-0.4, -0.2) is 17.2 Å². The first-order valence-electron chi connectivity index (χ1n) is 5.49. The van der Waals surface area contributed by atoms with Gasteiger partial charge in [0.05, 0.1) is 6.10 Å². The summed E-state index contributed by atoms with van der Waals surface area (Å²) in [6.07, 6.45) is -0.672. The number of hydrogen-bond donors (Lipinski definition) is 2. The Morgan fingerprint density at radius 1 is 1.38 bits per heavy atom. The summed E-state index contributed by atoms with van der Waals surface area (Å²) in [5.41, 5.74) is 1.16. The monoisotopic (exact) mass is 225 g/mol. The van der Waals surface area contributed by atoms with E-state index < -0.39 is 6.10 Å². The summed E-state index contributed by atoms with van der Waals surface area (Å²) in [6.45, 7) is 8.20. The third-order valence-electron chi connectivity index (χ3n) is 2.41. The van der Waals surface area contributed by atoms with Gasteiger partial charge in [-0.1, -0.05) is 12.1 Å². The van der Waals surface area contributed by atoms with E-state index in [1.165, 1.54) is 6.07 Å². The Kier molecular flexibility index (Phi) is 4.05. The topological polar surface area (TPSA) is 32.3 Å². The molecular formula is C13H20FNO. The minimum atomic E-state index is -0.672. The normalized spacial score (nSPS) is 13.9. The number of hydrogen-bond acceptors (Lipinski definition) is 2. The summed E-state index contributed by atoms with van der Waals surface area (Å²) in [7, 11) is 0. The zero-order chi connectivity index (χ0) is 12.3. The first-order valence-corrected chi connectivity index (χ1v) is 5.49. The van der Waals surface area contributed by atoms with Crippen LogP contribution in [0.5, 0.6) is 0 Å². The SMILES string of the molecule is Cc1ccc(C(O)CNC(C)(C)C)cc1F. The van der Waals surface area contributed by atoms with E-state index in [9.17, 15) is 9.50 Å². The van der Waals surface area contributed by atoms with Crippen molar-refractivity contribution in [2.75, 3.05) is 6.54 Å². The molecule has 0 bridgehead atoms. The van der Waals surface area contributed by atoms with Gasteiger partial charge in [0.15, 0.2) is 0 Å². The van der Waals surface area contributed by atoms with Crippen LogP contribution in [-0.2, 0) is 0 Å². The average molecular weight is 225 g/mol. The van der Waals surface area contributed by atoms with Crippen LogP contribution < -0.4 is 5.32 Å². The van der Waals surface area contributed by atoms with Gasteiger partial charge in [-0.05, 0) is 44.9 Å². The maximum atomic E-state index is 13.3. The Morgan fingerprint density at radius 2 is 2.00 bits per heavy atom. The predicted molar refractivity (Wildman–Crippen MR) is 63.9 cm³/mol. The summed E-state index contributed by atoms with van der Waals surface area (Å²) >= 11 is 0. The average Bonchev–Trinajstić information content (AvgIpc) is 2.17. The fourth-order valence-corrected chi connectivity index (χ4v) is 1.34. The van der Waals surface area contributed by atoms with Gasteiger partial charge in [-0.25, -0.2) is 4.39 Å². The van der Waals surface area contributed by atoms with Crippen molar-refractivity contribution in [2.45, 2.75) is 39.3 Å². The molecular weight excluding hydrogens is 205 g/mol. The Bertz CT molecular complexity index is 357. The van der Waals surface area contributed by atoms with E-state index in [1.54, 1.807) is 19.1 Å². The van der Waals surface area contributed by atoms with Gasteiger partial charge in [0.1, 0.15) is 5.82 Å². The van der Waals surface area contributed by atoms with Crippen molar-refractivity contribution < 1.29 is 9.50 Å². The van der Waals surface area contributed by atoms with Gasteiger partial charge in [0, 0.05) is 12.1 Å². The fourth-order valence-electron chi connectivity index (χ4n) is 1.34. The van der Waals surface area contributed by atoms with Crippen LogP contribution in [0.1, 0.15) is 38.0 Å². The van der Waals surface area contributed by atoms with E-state index in [0.717, 1.165) is 0 Å². The number of aliphatic hydroxyl groups is 1. The second-order valence-corrected chi connectivity index (χ2v) is 5.16. The van der Waals surface area contributed by atoms with Gasteiger partial charge in [-0.15, -0.1) is 0 Å². The number of β-amino-alcohol motifs (C(OH)–C–C–N with tert-alkyl or cyclic N) is 1. The minimum absolute atomic E-state index is 0.0514. The lowest BCUT2D eigenvalue weighted by Crippen LogP contribution is -2.38. The smallest absolute Gasteiger partial charge is 0.126 e. The lowest BCUT2D eigenvalue weighted by Gasteiger charge is -2.23. The summed E-state index contributed by atoms with van der Waals surface area (Å²) in [5.74, 6) is -0.271. The quantitative estimate of drug-likeness (QED) is 0.828. The van der Waals surface area contributed by atoms with Crippen LogP contribution in [0.25, 0.3) is 0 Å². The molecule has 1 atom stereocenters. The molecule has 1 rings (SSSR count). The van der Waals surface area contributed by atoms with Crippen molar-refractivity contribution in [1.29, 1.82) is 0 Å². The second kappa shape index (κ2) is 4.93. The van der Waals surface area contributed by atoms with Crippen molar-refractivity contribution in [2.24, 2.45) is 0 Å². The number of halogens is 1. The van der Waals surface area contributed by atoms with Crippen molar-refractivity contribution in [1.82, 2.24) is 5.32 Å². The van der Waals surface area contributed by atoms with Crippen LogP contribution >= 0.6 is 0 Å². The van der Waals surface area contributed by atoms with E-state index in [4.69, 9.17) is 0 Å². The first kappa shape index (κ1) is 13.1. The zero-order valence-electron chi connectivity index (χ0n) is 10.3. The lowest BCUT2D eigenvalue weighted by molar-refractivity contribution is 0.163. The molecule has 2 N–H and O–H groups in total. The molecule has 0 amide bonds. The van der Waals surface area contributed by atoms with Crippen molar-refractivity contribution in [3.8, 4) is 0 Å². The maximum Gasteiger partial charge on any atom is 0.126 e.